The van der Waals surface area contributed by atoms with E-state index in [2.05, 4.69) is 140 Å². The molecule has 232 valence electrons. The normalized spacial score (nSPS) is 13.4. The lowest BCUT2D eigenvalue weighted by Crippen LogP contribution is -2.26. The zero-order valence-electron chi connectivity index (χ0n) is 27.0. The van der Waals surface area contributed by atoms with Gasteiger partial charge in [-0.3, -0.25) is 0 Å². The second-order valence-corrected chi connectivity index (χ2v) is 13.2. The van der Waals surface area contributed by atoms with Gasteiger partial charge in [0.15, 0.2) is 5.82 Å². The molecule has 11 rings (SSSR count). The molecule has 0 N–H and O–H groups in total. The smallest absolute Gasteiger partial charge is 0.160 e. The highest BCUT2D eigenvalue weighted by molar-refractivity contribution is 6.09. The molecule has 7 aromatic carbocycles. The molecule has 2 aliphatic rings. The zero-order valence-corrected chi connectivity index (χ0v) is 27.0. The molecule has 0 fully saturated rings. The molecule has 2 aromatic heterocycles. The van der Waals surface area contributed by atoms with E-state index in [0.29, 0.717) is 5.82 Å². The van der Waals surface area contributed by atoms with Crippen LogP contribution >= 0.6 is 0 Å². The molecule has 0 aliphatic heterocycles. The van der Waals surface area contributed by atoms with Crippen LogP contribution in [0.15, 0.2) is 174 Å². The minimum Gasteiger partial charge on any atom is -0.455 e. The first-order valence-corrected chi connectivity index (χ1v) is 17.1. The third kappa shape index (κ3) is 3.58. The Morgan fingerprint density at radius 1 is 0.400 bits per heavy atom. The van der Waals surface area contributed by atoms with Crippen LogP contribution in [-0.2, 0) is 5.41 Å². The lowest BCUT2D eigenvalue weighted by Gasteiger charge is -2.32. The van der Waals surface area contributed by atoms with Gasteiger partial charge in [-0.25, -0.2) is 9.97 Å². The second-order valence-electron chi connectivity index (χ2n) is 13.2. The molecular weight excluding hydrogens is 609 g/mol. The largest absolute Gasteiger partial charge is 0.455 e. The Morgan fingerprint density at radius 2 is 0.900 bits per heavy atom. The van der Waals surface area contributed by atoms with E-state index in [1.54, 1.807) is 0 Å². The summed E-state index contributed by atoms with van der Waals surface area (Å²) in [6.45, 7) is 0. The van der Waals surface area contributed by atoms with E-state index in [9.17, 15) is 0 Å². The van der Waals surface area contributed by atoms with Crippen LogP contribution in [0.4, 0.5) is 0 Å². The summed E-state index contributed by atoms with van der Waals surface area (Å²) in [5.74, 6) is 0.681. The maximum Gasteiger partial charge on any atom is 0.160 e. The Balaban J connectivity index is 1.24. The minimum atomic E-state index is -0.494. The molecule has 0 radical (unpaired) electrons. The summed E-state index contributed by atoms with van der Waals surface area (Å²) >= 11 is 0. The van der Waals surface area contributed by atoms with Crippen molar-refractivity contribution in [2.24, 2.45) is 0 Å². The SMILES string of the molecule is c1ccc(-c2nc(-c3cccc4c3C3(c5ccccc5-c5ccccc53)c3ccccc3-4)cc(-c3cccc4c3oc3ccccc34)n2)cc1. The second kappa shape index (κ2) is 10.2. The number of para-hydroxylation sites is 2. The Kier molecular flexibility index (Phi) is 5.59. The van der Waals surface area contributed by atoms with E-state index >= 15 is 0 Å². The van der Waals surface area contributed by atoms with E-state index in [0.717, 1.165) is 50.0 Å². The van der Waals surface area contributed by atoms with Gasteiger partial charge in [0.25, 0.3) is 0 Å². The number of aromatic nitrogens is 2. The third-order valence-electron chi connectivity index (χ3n) is 10.7. The van der Waals surface area contributed by atoms with Crippen molar-refractivity contribution in [2.75, 3.05) is 0 Å². The molecule has 9 aromatic rings. The average Bonchev–Trinajstić information content (AvgIpc) is 3.82. The Hall–Kier alpha value is -6.58. The molecule has 0 amide bonds. The lowest BCUT2D eigenvalue weighted by molar-refractivity contribution is 0.670. The van der Waals surface area contributed by atoms with Gasteiger partial charge in [-0.2, -0.15) is 0 Å². The lowest BCUT2D eigenvalue weighted by atomic mass is 9.69. The van der Waals surface area contributed by atoms with Crippen molar-refractivity contribution in [1.82, 2.24) is 9.97 Å². The van der Waals surface area contributed by atoms with E-state index in [1.807, 2.05) is 30.3 Å². The fraction of sp³-hybridized carbons (Fsp3) is 0.0213. The van der Waals surface area contributed by atoms with Crippen molar-refractivity contribution in [3.8, 4) is 56.2 Å². The van der Waals surface area contributed by atoms with Gasteiger partial charge >= 0.3 is 0 Å². The molecule has 3 heteroatoms. The van der Waals surface area contributed by atoms with Gasteiger partial charge in [-0.15, -0.1) is 0 Å². The van der Waals surface area contributed by atoms with E-state index in [1.165, 1.54) is 44.5 Å². The fourth-order valence-corrected chi connectivity index (χ4v) is 8.76. The van der Waals surface area contributed by atoms with Crippen molar-refractivity contribution in [1.29, 1.82) is 0 Å². The molecule has 0 atom stereocenters. The number of furan rings is 1. The van der Waals surface area contributed by atoms with Gasteiger partial charge < -0.3 is 4.42 Å². The molecular formula is C47H28N2O. The van der Waals surface area contributed by atoms with Crippen LogP contribution in [-0.4, -0.2) is 9.97 Å². The molecule has 0 saturated carbocycles. The first kappa shape index (κ1) is 27.4. The summed E-state index contributed by atoms with van der Waals surface area (Å²) in [6, 6.07) is 60.5. The number of fused-ring (bicyclic) bond motifs is 13. The van der Waals surface area contributed by atoms with Crippen molar-refractivity contribution in [2.45, 2.75) is 5.41 Å². The summed E-state index contributed by atoms with van der Waals surface area (Å²) < 4.78 is 6.54. The van der Waals surface area contributed by atoms with Gasteiger partial charge in [0.1, 0.15) is 11.2 Å². The first-order valence-electron chi connectivity index (χ1n) is 17.1. The predicted molar refractivity (Wildman–Crippen MR) is 202 cm³/mol. The molecule has 50 heavy (non-hydrogen) atoms. The highest BCUT2D eigenvalue weighted by atomic mass is 16.3. The van der Waals surface area contributed by atoms with Crippen LogP contribution in [0.1, 0.15) is 22.3 Å². The summed E-state index contributed by atoms with van der Waals surface area (Å²) in [5.41, 5.74) is 16.2. The first-order chi connectivity index (χ1) is 24.8. The van der Waals surface area contributed by atoms with Crippen LogP contribution in [0.5, 0.6) is 0 Å². The van der Waals surface area contributed by atoms with Crippen molar-refractivity contribution < 1.29 is 4.42 Å². The topological polar surface area (TPSA) is 38.9 Å². The fourth-order valence-electron chi connectivity index (χ4n) is 8.76. The number of benzene rings is 7. The molecule has 2 heterocycles. The van der Waals surface area contributed by atoms with Crippen LogP contribution < -0.4 is 0 Å². The predicted octanol–water partition coefficient (Wildman–Crippen LogP) is 11.7. The standard InChI is InChI=1S/C47H28N2O/c1-2-14-29(15-3-1)46-48-41(28-42(49-46)37-23-13-21-35-33-19-7-11-27-43(33)50-45(35)37)36-22-12-20-34-32-18-6-10-26-40(32)47(44(34)36)38-24-8-4-16-30(38)31-17-5-9-25-39(31)47/h1-28H. The van der Waals surface area contributed by atoms with Crippen LogP contribution in [0.3, 0.4) is 0 Å². The molecule has 0 bridgehead atoms. The number of hydrogen-bond acceptors (Lipinski definition) is 3. The maximum atomic E-state index is 6.54. The van der Waals surface area contributed by atoms with Crippen LogP contribution in [0, 0.1) is 0 Å². The number of hydrogen-bond donors (Lipinski definition) is 0. The van der Waals surface area contributed by atoms with Gasteiger partial charge in [0.2, 0.25) is 0 Å². The molecule has 2 aliphatic carbocycles. The van der Waals surface area contributed by atoms with Gasteiger partial charge in [-0.1, -0.05) is 152 Å². The van der Waals surface area contributed by atoms with Gasteiger partial charge in [0.05, 0.1) is 16.8 Å². The van der Waals surface area contributed by atoms with E-state index in [-0.39, 0.29) is 0 Å². The van der Waals surface area contributed by atoms with E-state index in [4.69, 9.17) is 14.4 Å². The molecule has 0 saturated heterocycles. The Labute approximate surface area is 289 Å². The monoisotopic (exact) mass is 636 g/mol. The van der Waals surface area contributed by atoms with Gasteiger partial charge in [-0.05, 0) is 62.7 Å². The Bertz CT molecular complexity index is 2770. The van der Waals surface area contributed by atoms with Crippen molar-refractivity contribution >= 4 is 21.9 Å². The maximum absolute atomic E-state index is 6.54. The average molecular weight is 637 g/mol. The quantitative estimate of drug-likeness (QED) is 0.194. The van der Waals surface area contributed by atoms with Crippen molar-refractivity contribution in [3.63, 3.8) is 0 Å². The summed E-state index contributed by atoms with van der Waals surface area (Å²) in [6.07, 6.45) is 0. The number of rotatable bonds is 3. The minimum absolute atomic E-state index is 0.494. The number of nitrogens with zero attached hydrogens (tertiary/aromatic N) is 2. The van der Waals surface area contributed by atoms with Crippen LogP contribution in [0.25, 0.3) is 78.1 Å². The van der Waals surface area contributed by atoms with Crippen molar-refractivity contribution in [3.05, 3.63) is 192 Å². The molecule has 1 spiro atoms. The molecule has 0 unspecified atom stereocenters. The highest BCUT2D eigenvalue weighted by Crippen LogP contribution is 2.64. The highest BCUT2D eigenvalue weighted by Gasteiger charge is 2.52. The van der Waals surface area contributed by atoms with Crippen LogP contribution in [0.2, 0.25) is 0 Å². The van der Waals surface area contributed by atoms with Gasteiger partial charge in [0, 0.05) is 27.5 Å². The third-order valence-corrected chi connectivity index (χ3v) is 10.7. The van der Waals surface area contributed by atoms with E-state index < -0.39 is 5.41 Å². The summed E-state index contributed by atoms with van der Waals surface area (Å²) in [5, 5.41) is 2.18. The Morgan fingerprint density at radius 3 is 1.62 bits per heavy atom. The summed E-state index contributed by atoms with van der Waals surface area (Å²) in [7, 11) is 0. The molecule has 3 nitrogen and oxygen atoms in total. The zero-order chi connectivity index (χ0) is 32.8. The summed E-state index contributed by atoms with van der Waals surface area (Å²) in [4.78, 5) is 10.6.